The van der Waals surface area contributed by atoms with Gasteiger partial charge in [0.1, 0.15) is 0 Å². The first kappa shape index (κ1) is 14.4. The molecule has 3 aliphatic rings. The normalized spacial score (nSPS) is 26.1. The van der Waals surface area contributed by atoms with E-state index in [1.165, 1.54) is 41.4 Å². The van der Waals surface area contributed by atoms with Crippen LogP contribution in [-0.2, 0) is 0 Å². The van der Waals surface area contributed by atoms with Gasteiger partial charge in [-0.3, -0.25) is 4.79 Å². The van der Waals surface area contributed by atoms with E-state index in [1.807, 2.05) is 6.07 Å². The lowest BCUT2D eigenvalue weighted by molar-refractivity contribution is 0.0622. The van der Waals surface area contributed by atoms with Crippen molar-refractivity contribution in [3.05, 3.63) is 47.3 Å². The van der Waals surface area contributed by atoms with Crippen LogP contribution in [0.3, 0.4) is 0 Å². The summed E-state index contributed by atoms with van der Waals surface area (Å²) in [6.07, 6.45) is 2.45. The van der Waals surface area contributed by atoms with Crippen LogP contribution < -0.4 is 5.32 Å². The molecule has 3 aromatic rings. The van der Waals surface area contributed by atoms with Crippen molar-refractivity contribution in [2.24, 2.45) is 5.92 Å². The second-order valence-electron chi connectivity index (χ2n) is 7.03. The summed E-state index contributed by atoms with van der Waals surface area (Å²) in [4.78, 5) is 16.1. The molecule has 6 rings (SSSR count). The van der Waals surface area contributed by atoms with Crippen LogP contribution in [-0.4, -0.2) is 36.5 Å². The molecule has 4 heteroatoms. The number of hydrogen-bond acceptors (Lipinski definition) is 3. The van der Waals surface area contributed by atoms with E-state index in [-0.39, 0.29) is 5.91 Å². The van der Waals surface area contributed by atoms with Crippen molar-refractivity contribution in [1.82, 2.24) is 10.2 Å². The van der Waals surface area contributed by atoms with E-state index in [4.69, 9.17) is 0 Å². The van der Waals surface area contributed by atoms with Gasteiger partial charge in [0.05, 0.1) is 4.88 Å². The Labute approximate surface area is 145 Å². The van der Waals surface area contributed by atoms with Gasteiger partial charge < -0.3 is 10.2 Å². The van der Waals surface area contributed by atoms with E-state index in [0.29, 0.717) is 12.0 Å². The lowest BCUT2D eigenvalue weighted by atomic mass is 9.84. The van der Waals surface area contributed by atoms with E-state index in [1.54, 1.807) is 11.3 Å². The molecule has 2 aromatic carbocycles. The number of benzene rings is 2. The molecule has 0 unspecified atom stereocenters. The molecule has 4 heterocycles. The number of piperidine rings is 3. The van der Waals surface area contributed by atoms with Crippen LogP contribution in [0.2, 0.25) is 0 Å². The number of carbonyl (C=O) groups excluding carboxylic acids is 1. The van der Waals surface area contributed by atoms with Gasteiger partial charge in [-0.1, -0.05) is 36.4 Å². The average molecular weight is 336 g/mol. The predicted molar refractivity (Wildman–Crippen MR) is 99.7 cm³/mol. The molecule has 3 nitrogen and oxygen atoms in total. The van der Waals surface area contributed by atoms with E-state index in [9.17, 15) is 4.79 Å². The molecule has 0 aliphatic carbocycles. The number of rotatable bonds is 2. The molecule has 3 aliphatic heterocycles. The Morgan fingerprint density at radius 2 is 1.88 bits per heavy atom. The minimum absolute atomic E-state index is 0.0963. The van der Waals surface area contributed by atoms with Crippen LogP contribution >= 0.6 is 11.3 Å². The second-order valence-corrected chi connectivity index (χ2v) is 8.09. The molecule has 1 N–H and O–H groups in total. The van der Waals surface area contributed by atoms with Crippen LogP contribution in [0.25, 0.3) is 20.9 Å². The third-order valence-corrected chi connectivity index (χ3v) is 6.79. The maximum absolute atomic E-state index is 12.8. The lowest BCUT2D eigenvalue weighted by Crippen LogP contribution is -2.57. The molecule has 1 amide bonds. The van der Waals surface area contributed by atoms with E-state index in [2.05, 4.69) is 46.6 Å². The largest absolute Gasteiger partial charge is 0.347 e. The first-order valence-electron chi connectivity index (χ1n) is 8.72. The molecule has 1 atom stereocenters. The number of hydrogen-bond donors (Lipinski definition) is 1. The smallest absolute Gasteiger partial charge is 0.261 e. The molecular formula is C20H20N2OS. The number of fused-ring (bicyclic) bond motifs is 6. The van der Waals surface area contributed by atoms with Crippen molar-refractivity contribution in [2.75, 3.05) is 19.6 Å². The Kier molecular flexibility index (Phi) is 3.35. The van der Waals surface area contributed by atoms with Crippen LogP contribution in [0.15, 0.2) is 42.5 Å². The van der Waals surface area contributed by atoms with Gasteiger partial charge >= 0.3 is 0 Å². The molecule has 3 saturated heterocycles. The molecule has 0 saturated carbocycles. The van der Waals surface area contributed by atoms with Crippen molar-refractivity contribution >= 4 is 38.1 Å². The number of thiophene rings is 1. The molecule has 24 heavy (non-hydrogen) atoms. The van der Waals surface area contributed by atoms with Crippen LogP contribution in [0.4, 0.5) is 0 Å². The van der Waals surface area contributed by atoms with Gasteiger partial charge in [-0.2, -0.15) is 0 Å². The van der Waals surface area contributed by atoms with Crippen molar-refractivity contribution in [3.8, 4) is 0 Å². The number of nitrogens with zero attached hydrogens (tertiary/aromatic N) is 1. The van der Waals surface area contributed by atoms with Gasteiger partial charge in [-0.05, 0) is 54.1 Å². The topological polar surface area (TPSA) is 32.3 Å². The maximum atomic E-state index is 12.8. The van der Waals surface area contributed by atoms with E-state index < -0.39 is 0 Å². The number of carbonyl (C=O) groups is 1. The fourth-order valence-corrected chi connectivity index (χ4v) is 5.35. The van der Waals surface area contributed by atoms with Crippen molar-refractivity contribution in [2.45, 2.75) is 18.9 Å². The minimum atomic E-state index is 0.0963. The van der Waals surface area contributed by atoms with Crippen molar-refractivity contribution in [3.63, 3.8) is 0 Å². The van der Waals surface area contributed by atoms with E-state index in [0.717, 1.165) is 16.8 Å². The molecular weight excluding hydrogens is 316 g/mol. The zero-order valence-electron chi connectivity index (χ0n) is 13.5. The summed E-state index contributed by atoms with van der Waals surface area (Å²) in [5.74, 6) is 0.758. The highest BCUT2D eigenvalue weighted by atomic mass is 32.1. The number of nitrogens with one attached hydrogen (secondary N) is 1. The third-order valence-electron chi connectivity index (χ3n) is 5.61. The highest BCUT2D eigenvalue weighted by Gasteiger charge is 2.35. The van der Waals surface area contributed by atoms with Gasteiger partial charge in [-0.15, -0.1) is 11.3 Å². The monoisotopic (exact) mass is 336 g/mol. The zero-order valence-corrected chi connectivity index (χ0v) is 14.3. The molecule has 0 radical (unpaired) electrons. The van der Waals surface area contributed by atoms with Crippen LogP contribution in [0.1, 0.15) is 22.5 Å². The highest BCUT2D eigenvalue weighted by Crippen LogP contribution is 2.33. The van der Waals surface area contributed by atoms with Gasteiger partial charge in [0.25, 0.3) is 5.91 Å². The van der Waals surface area contributed by atoms with Crippen LogP contribution in [0.5, 0.6) is 0 Å². The maximum Gasteiger partial charge on any atom is 0.261 e. The minimum Gasteiger partial charge on any atom is -0.347 e. The summed E-state index contributed by atoms with van der Waals surface area (Å²) in [6.45, 7) is 3.42. The van der Waals surface area contributed by atoms with Gasteiger partial charge in [0.2, 0.25) is 0 Å². The Morgan fingerprint density at radius 3 is 2.67 bits per heavy atom. The summed E-state index contributed by atoms with van der Waals surface area (Å²) in [5.41, 5.74) is 0. The Bertz CT molecular complexity index is 924. The summed E-state index contributed by atoms with van der Waals surface area (Å²) in [6, 6.07) is 15.0. The van der Waals surface area contributed by atoms with Gasteiger partial charge in [0, 0.05) is 17.3 Å². The standard InChI is InChI=1S/C20H20N2OS/c23-20(21-17-12-22-9-7-14(17)8-10-22)18-11-15-6-5-13-3-1-2-4-16(13)19(15)24-18/h1-6,11,14,17H,7-10,12H2,(H,21,23)/t17-/m0/s1. The Hall–Kier alpha value is -1.91. The van der Waals surface area contributed by atoms with Crippen molar-refractivity contribution in [1.29, 1.82) is 0 Å². The summed E-state index contributed by atoms with van der Waals surface area (Å²) in [5, 5.41) is 6.94. The first-order chi connectivity index (χ1) is 11.8. The van der Waals surface area contributed by atoms with E-state index >= 15 is 0 Å². The Balaban J connectivity index is 1.46. The molecule has 2 bridgehead atoms. The Morgan fingerprint density at radius 1 is 1.08 bits per heavy atom. The van der Waals surface area contributed by atoms with Gasteiger partial charge in [0.15, 0.2) is 0 Å². The highest BCUT2D eigenvalue weighted by molar-refractivity contribution is 7.21. The fraction of sp³-hybridized carbons (Fsp3) is 0.350. The summed E-state index contributed by atoms with van der Waals surface area (Å²) >= 11 is 1.62. The second kappa shape index (κ2) is 5.57. The summed E-state index contributed by atoms with van der Waals surface area (Å²) in [7, 11) is 0. The quantitative estimate of drug-likeness (QED) is 0.770. The zero-order chi connectivity index (χ0) is 16.1. The van der Waals surface area contributed by atoms with Crippen molar-refractivity contribution < 1.29 is 4.79 Å². The molecule has 3 fully saturated rings. The fourth-order valence-electron chi connectivity index (χ4n) is 4.25. The van der Waals surface area contributed by atoms with Crippen LogP contribution in [0, 0.1) is 5.92 Å². The third kappa shape index (κ3) is 2.33. The molecule has 0 spiro atoms. The predicted octanol–water partition coefficient (Wildman–Crippen LogP) is 3.88. The number of amides is 1. The SMILES string of the molecule is O=C(N[C@H]1CN2CCC1CC2)c1cc2ccc3ccccc3c2s1. The summed E-state index contributed by atoms with van der Waals surface area (Å²) < 4.78 is 1.21. The van der Waals surface area contributed by atoms with Gasteiger partial charge in [-0.25, -0.2) is 0 Å². The first-order valence-corrected chi connectivity index (χ1v) is 9.54. The average Bonchev–Trinajstić information content (AvgIpc) is 3.08. The lowest BCUT2D eigenvalue weighted by Gasteiger charge is -2.44. The molecule has 1 aromatic heterocycles. The molecule has 122 valence electrons.